The quantitative estimate of drug-likeness (QED) is 0.781. The molecule has 120 valence electrons. The molecule has 1 unspecified atom stereocenters. The molecule has 3 rings (SSSR count). The van der Waals surface area contributed by atoms with Crippen molar-refractivity contribution >= 4 is 28.3 Å². The van der Waals surface area contributed by atoms with Crippen LogP contribution in [0.25, 0.3) is 11.1 Å². The number of hydrogen-bond acceptors (Lipinski definition) is 4. The number of thiophene rings is 1. The molecule has 2 aromatic heterocycles. The van der Waals surface area contributed by atoms with Gasteiger partial charge in [-0.15, -0.1) is 11.3 Å². The Morgan fingerprint density at radius 2 is 2.04 bits per heavy atom. The molecule has 1 amide bonds. The Hall–Kier alpha value is -2.34. The number of nitrogens with one attached hydrogen (secondary N) is 1. The number of carbonyl (C=O) groups excluding carboxylic acids is 1. The standard InChI is InChI=1S/C17H18N2O3S/c1-11(2)16(14-8-5-9-23-14)18-15(20)10-19-12-6-3-4-7-13(12)22-17(19)21/h3-9,11,16H,10H2,1-2H3,(H,18,20). The molecule has 0 saturated carbocycles. The molecule has 0 aliphatic heterocycles. The summed E-state index contributed by atoms with van der Waals surface area (Å²) >= 11 is 1.61. The van der Waals surface area contributed by atoms with E-state index in [1.807, 2.05) is 23.6 Å². The van der Waals surface area contributed by atoms with E-state index in [-0.39, 0.29) is 24.4 Å². The van der Waals surface area contributed by atoms with Crippen LogP contribution in [0, 0.1) is 5.92 Å². The van der Waals surface area contributed by atoms with Crippen LogP contribution in [-0.2, 0) is 11.3 Å². The largest absolute Gasteiger partial charge is 0.420 e. The Balaban J connectivity index is 1.81. The summed E-state index contributed by atoms with van der Waals surface area (Å²) in [5.74, 6) is -0.459. The van der Waals surface area contributed by atoms with Crippen molar-refractivity contribution in [1.29, 1.82) is 0 Å². The monoisotopic (exact) mass is 330 g/mol. The summed E-state index contributed by atoms with van der Waals surface area (Å²) in [5, 5.41) is 5.01. The lowest BCUT2D eigenvalue weighted by atomic mass is 10.0. The number of hydrogen-bond donors (Lipinski definition) is 1. The molecule has 0 spiro atoms. The van der Waals surface area contributed by atoms with Gasteiger partial charge in [0.15, 0.2) is 5.58 Å². The van der Waals surface area contributed by atoms with E-state index < -0.39 is 5.76 Å². The molecule has 0 aliphatic rings. The normalized spacial score (nSPS) is 12.7. The van der Waals surface area contributed by atoms with Crippen LogP contribution in [0.5, 0.6) is 0 Å². The van der Waals surface area contributed by atoms with Crippen LogP contribution >= 0.6 is 11.3 Å². The first-order valence-corrected chi connectivity index (χ1v) is 8.35. The van der Waals surface area contributed by atoms with Crippen LogP contribution in [0.4, 0.5) is 0 Å². The van der Waals surface area contributed by atoms with Gasteiger partial charge in [-0.25, -0.2) is 4.79 Å². The molecule has 0 fully saturated rings. The number of para-hydroxylation sites is 2. The number of oxazole rings is 1. The highest BCUT2D eigenvalue weighted by molar-refractivity contribution is 7.10. The van der Waals surface area contributed by atoms with Crippen molar-refractivity contribution < 1.29 is 9.21 Å². The van der Waals surface area contributed by atoms with Crippen LogP contribution in [0.2, 0.25) is 0 Å². The third-order valence-corrected chi connectivity index (χ3v) is 4.66. The van der Waals surface area contributed by atoms with Gasteiger partial charge in [0.05, 0.1) is 11.6 Å². The van der Waals surface area contributed by atoms with Crippen LogP contribution in [0.3, 0.4) is 0 Å². The second-order valence-corrected chi connectivity index (χ2v) is 6.71. The molecule has 0 radical (unpaired) electrons. The highest BCUT2D eigenvalue weighted by Crippen LogP contribution is 2.25. The Morgan fingerprint density at radius 1 is 1.26 bits per heavy atom. The Kier molecular flexibility index (Phi) is 4.34. The van der Waals surface area contributed by atoms with Gasteiger partial charge in [0.1, 0.15) is 6.54 Å². The third-order valence-electron chi connectivity index (χ3n) is 3.71. The number of carbonyl (C=O) groups is 1. The SMILES string of the molecule is CC(C)C(NC(=O)Cn1c(=O)oc2ccccc21)c1cccs1. The molecular weight excluding hydrogens is 312 g/mol. The maximum Gasteiger partial charge on any atom is 0.420 e. The maximum absolute atomic E-state index is 12.4. The van der Waals surface area contributed by atoms with Gasteiger partial charge in [0.2, 0.25) is 5.91 Å². The van der Waals surface area contributed by atoms with E-state index in [4.69, 9.17) is 4.42 Å². The molecule has 0 saturated heterocycles. The fourth-order valence-corrected chi connectivity index (χ4v) is 3.51. The summed E-state index contributed by atoms with van der Waals surface area (Å²) in [6.45, 7) is 4.07. The van der Waals surface area contributed by atoms with Crippen molar-refractivity contribution in [3.8, 4) is 0 Å². The van der Waals surface area contributed by atoms with Gasteiger partial charge in [-0.3, -0.25) is 9.36 Å². The number of fused-ring (bicyclic) bond motifs is 1. The number of amides is 1. The average molecular weight is 330 g/mol. The van der Waals surface area contributed by atoms with Gasteiger partial charge in [-0.05, 0) is 29.5 Å². The summed E-state index contributed by atoms with van der Waals surface area (Å²) in [6.07, 6.45) is 0. The second kappa shape index (κ2) is 6.42. The summed E-state index contributed by atoms with van der Waals surface area (Å²) in [5.41, 5.74) is 1.12. The Bertz CT molecular complexity index is 861. The van der Waals surface area contributed by atoms with E-state index in [0.29, 0.717) is 11.1 Å². The van der Waals surface area contributed by atoms with Crippen LogP contribution in [-0.4, -0.2) is 10.5 Å². The second-order valence-electron chi connectivity index (χ2n) is 5.73. The summed E-state index contributed by atoms with van der Waals surface area (Å²) in [6, 6.07) is 11.0. The van der Waals surface area contributed by atoms with Crippen LogP contribution in [0.15, 0.2) is 51.0 Å². The Labute approximate surface area is 137 Å². The summed E-state index contributed by atoms with van der Waals surface area (Å²) in [4.78, 5) is 25.5. The van der Waals surface area contributed by atoms with Crippen molar-refractivity contribution in [2.45, 2.75) is 26.4 Å². The average Bonchev–Trinajstić information content (AvgIpc) is 3.14. The van der Waals surface area contributed by atoms with E-state index >= 15 is 0 Å². The van der Waals surface area contributed by atoms with Crippen LogP contribution in [0.1, 0.15) is 24.8 Å². The molecule has 23 heavy (non-hydrogen) atoms. The van der Waals surface area contributed by atoms with Gasteiger partial charge in [-0.1, -0.05) is 32.0 Å². The van der Waals surface area contributed by atoms with E-state index in [1.165, 1.54) is 4.57 Å². The topological polar surface area (TPSA) is 64.2 Å². The maximum atomic E-state index is 12.4. The zero-order valence-corrected chi connectivity index (χ0v) is 13.8. The first-order chi connectivity index (χ1) is 11.1. The van der Waals surface area contributed by atoms with Gasteiger partial charge < -0.3 is 9.73 Å². The third kappa shape index (κ3) is 3.22. The van der Waals surface area contributed by atoms with Crippen molar-refractivity contribution in [1.82, 2.24) is 9.88 Å². The molecule has 5 nitrogen and oxygen atoms in total. The predicted octanol–water partition coefficient (Wildman–Crippen LogP) is 3.17. The molecule has 1 aromatic carbocycles. The molecule has 1 N–H and O–H groups in total. The van der Waals surface area contributed by atoms with Crippen molar-refractivity contribution in [3.63, 3.8) is 0 Å². The highest BCUT2D eigenvalue weighted by Gasteiger charge is 2.20. The number of aromatic nitrogens is 1. The zero-order chi connectivity index (χ0) is 16.4. The van der Waals surface area contributed by atoms with E-state index in [1.54, 1.807) is 29.5 Å². The fourth-order valence-electron chi connectivity index (χ4n) is 2.56. The van der Waals surface area contributed by atoms with Gasteiger partial charge in [0.25, 0.3) is 0 Å². The Morgan fingerprint density at radius 3 is 2.74 bits per heavy atom. The molecule has 0 bridgehead atoms. The highest BCUT2D eigenvalue weighted by atomic mass is 32.1. The lowest BCUT2D eigenvalue weighted by Gasteiger charge is -2.21. The zero-order valence-electron chi connectivity index (χ0n) is 13.0. The van der Waals surface area contributed by atoms with Gasteiger partial charge >= 0.3 is 5.76 Å². The first-order valence-electron chi connectivity index (χ1n) is 7.47. The minimum absolute atomic E-state index is 0.0511. The molecule has 2 heterocycles. The number of rotatable bonds is 5. The fraction of sp³-hybridized carbons (Fsp3) is 0.294. The van der Waals surface area contributed by atoms with E-state index in [2.05, 4.69) is 19.2 Å². The smallest absolute Gasteiger partial charge is 0.408 e. The van der Waals surface area contributed by atoms with Crippen molar-refractivity contribution in [2.24, 2.45) is 5.92 Å². The van der Waals surface area contributed by atoms with Gasteiger partial charge in [-0.2, -0.15) is 0 Å². The predicted molar refractivity (Wildman–Crippen MR) is 90.5 cm³/mol. The molecule has 0 aliphatic carbocycles. The lowest BCUT2D eigenvalue weighted by molar-refractivity contribution is -0.122. The van der Waals surface area contributed by atoms with Crippen molar-refractivity contribution in [3.05, 3.63) is 57.2 Å². The van der Waals surface area contributed by atoms with Crippen LogP contribution < -0.4 is 11.1 Å². The molecular formula is C17H18N2O3S. The summed E-state index contributed by atoms with van der Waals surface area (Å²) in [7, 11) is 0. The lowest BCUT2D eigenvalue weighted by Crippen LogP contribution is -2.35. The minimum atomic E-state index is -0.515. The van der Waals surface area contributed by atoms with Gasteiger partial charge in [0, 0.05) is 4.88 Å². The van der Waals surface area contributed by atoms with E-state index in [9.17, 15) is 9.59 Å². The minimum Gasteiger partial charge on any atom is -0.408 e. The molecule has 3 aromatic rings. The number of nitrogens with zero attached hydrogens (tertiary/aromatic N) is 1. The summed E-state index contributed by atoms with van der Waals surface area (Å²) < 4.78 is 6.51. The molecule has 1 atom stereocenters. The number of benzene rings is 1. The molecule has 6 heteroatoms. The first kappa shape index (κ1) is 15.6. The van der Waals surface area contributed by atoms with E-state index in [0.717, 1.165) is 4.88 Å². The van der Waals surface area contributed by atoms with Crippen molar-refractivity contribution in [2.75, 3.05) is 0 Å².